The average molecular weight is 488 g/mol. The lowest BCUT2D eigenvalue weighted by atomic mass is 10.1. The van der Waals surface area contributed by atoms with Gasteiger partial charge in [0, 0.05) is 23.9 Å². The summed E-state index contributed by atoms with van der Waals surface area (Å²) in [6.07, 6.45) is -3.33. The zero-order valence-electron chi connectivity index (χ0n) is 18.5. The van der Waals surface area contributed by atoms with E-state index < -0.39 is 23.2 Å². The van der Waals surface area contributed by atoms with E-state index >= 15 is 0 Å². The Hall–Kier alpha value is -4.42. The third-order valence-electron chi connectivity index (χ3n) is 5.03. The second-order valence-electron chi connectivity index (χ2n) is 7.44. The van der Waals surface area contributed by atoms with Crippen LogP contribution in [0.3, 0.4) is 0 Å². The van der Waals surface area contributed by atoms with Gasteiger partial charge >= 0.3 is 6.18 Å². The van der Waals surface area contributed by atoms with E-state index in [4.69, 9.17) is 9.47 Å². The van der Waals surface area contributed by atoms with Gasteiger partial charge in [-0.1, -0.05) is 17.3 Å². The van der Waals surface area contributed by atoms with Crippen molar-refractivity contribution in [3.63, 3.8) is 0 Å². The third-order valence-corrected chi connectivity index (χ3v) is 5.03. The zero-order chi connectivity index (χ0) is 25.2. The van der Waals surface area contributed by atoms with Crippen LogP contribution in [0.2, 0.25) is 0 Å². The topological polar surface area (TPSA) is 113 Å². The van der Waals surface area contributed by atoms with Gasteiger partial charge < -0.3 is 14.8 Å². The molecule has 0 aliphatic carbocycles. The summed E-state index contributed by atoms with van der Waals surface area (Å²) in [4.78, 5) is 29.5. The van der Waals surface area contributed by atoms with E-state index in [1.165, 1.54) is 31.0 Å². The van der Waals surface area contributed by atoms with Crippen molar-refractivity contribution in [2.24, 2.45) is 0 Å². The lowest BCUT2D eigenvalue weighted by Crippen LogP contribution is -2.28. The Labute approximate surface area is 195 Å². The number of amides is 1. The first-order chi connectivity index (χ1) is 16.7. The molecular formula is C22H19F3N6O4. The molecule has 0 atom stereocenters. The second-order valence-corrected chi connectivity index (χ2v) is 7.44. The highest BCUT2D eigenvalue weighted by atomic mass is 19.4. The van der Waals surface area contributed by atoms with Crippen LogP contribution in [0.5, 0.6) is 11.5 Å². The molecule has 0 aliphatic rings. The number of hydrogen-bond acceptors (Lipinski definition) is 7. The molecule has 2 aromatic carbocycles. The van der Waals surface area contributed by atoms with Gasteiger partial charge in [-0.05, 0) is 17.7 Å². The van der Waals surface area contributed by atoms with Gasteiger partial charge in [0.05, 0.1) is 26.3 Å². The summed E-state index contributed by atoms with van der Waals surface area (Å²) in [7, 11) is 2.95. The number of methoxy groups -OCH3 is 2. The average Bonchev–Trinajstić information content (AvgIpc) is 3.23. The minimum Gasteiger partial charge on any atom is -0.497 e. The van der Waals surface area contributed by atoms with Crippen LogP contribution in [0, 0.1) is 0 Å². The minimum absolute atomic E-state index is 0.0744. The number of carbonyl (C=O) groups is 1. The van der Waals surface area contributed by atoms with Crippen LogP contribution in [-0.4, -0.2) is 44.7 Å². The summed E-state index contributed by atoms with van der Waals surface area (Å²) < 4.78 is 51.5. The molecule has 0 bridgehead atoms. The van der Waals surface area contributed by atoms with Gasteiger partial charge in [0.25, 0.3) is 5.56 Å². The largest absolute Gasteiger partial charge is 0.497 e. The maximum atomic E-state index is 13.0. The van der Waals surface area contributed by atoms with Crippen LogP contribution < -0.4 is 20.3 Å². The fourth-order valence-electron chi connectivity index (χ4n) is 3.36. The molecule has 13 heteroatoms. The summed E-state index contributed by atoms with van der Waals surface area (Å²) in [6.45, 7) is -0.434. The molecule has 0 spiro atoms. The first-order valence-electron chi connectivity index (χ1n) is 10.2. The van der Waals surface area contributed by atoms with Gasteiger partial charge in [-0.15, -0.1) is 5.10 Å². The molecule has 0 fully saturated rings. The SMILES string of the molecule is COc1cc(NC(=O)Cn2cnc3c(nnn3Cc3cccc(C(F)(F)F)c3)c2=O)cc(OC)c1. The molecular weight excluding hydrogens is 469 g/mol. The number of nitrogens with zero attached hydrogens (tertiary/aromatic N) is 5. The minimum atomic E-state index is -4.48. The molecule has 4 rings (SSSR count). The Balaban J connectivity index is 1.53. The maximum Gasteiger partial charge on any atom is 0.416 e. The standard InChI is InChI=1S/C22H19F3N6O4/c1-34-16-7-15(8-17(9-16)35-2)27-18(32)11-30-12-26-20-19(21(30)33)28-29-31(20)10-13-4-3-5-14(6-13)22(23,24)25/h3-9,12H,10-11H2,1-2H3,(H,27,32). The number of hydrogen-bond donors (Lipinski definition) is 1. The number of benzene rings is 2. The van der Waals surface area contributed by atoms with Crippen LogP contribution >= 0.6 is 0 Å². The molecule has 10 nitrogen and oxygen atoms in total. The van der Waals surface area contributed by atoms with Gasteiger partial charge in [0.1, 0.15) is 24.4 Å². The molecule has 1 N–H and O–H groups in total. The Morgan fingerprint density at radius 1 is 1.09 bits per heavy atom. The highest BCUT2D eigenvalue weighted by Crippen LogP contribution is 2.30. The molecule has 2 aromatic heterocycles. The van der Waals surface area contributed by atoms with Crippen LogP contribution in [-0.2, 0) is 24.1 Å². The van der Waals surface area contributed by atoms with Crippen molar-refractivity contribution >= 4 is 22.8 Å². The summed E-state index contributed by atoms with van der Waals surface area (Å²) in [5.41, 5.74) is -0.735. The van der Waals surface area contributed by atoms with Crippen molar-refractivity contribution < 1.29 is 27.4 Å². The van der Waals surface area contributed by atoms with Gasteiger partial charge in [-0.2, -0.15) is 13.2 Å². The highest BCUT2D eigenvalue weighted by molar-refractivity contribution is 5.91. The van der Waals surface area contributed by atoms with Crippen LogP contribution in [0.15, 0.2) is 53.6 Å². The molecule has 2 heterocycles. The quantitative estimate of drug-likeness (QED) is 0.426. The number of nitrogens with one attached hydrogen (secondary N) is 1. The van der Waals surface area contributed by atoms with Crippen molar-refractivity contribution in [3.05, 3.63) is 70.3 Å². The molecule has 0 unspecified atom stereocenters. The summed E-state index contributed by atoms with van der Waals surface area (Å²) in [5, 5.41) is 10.3. The van der Waals surface area contributed by atoms with E-state index in [2.05, 4.69) is 20.6 Å². The number of ether oxygens (including phenoxy) is 2. The predicted molar refractivity (Wildman–Crippen MR) is 118 cm³/mol. The number of rotatable bonds is 7. The molecule has 1 amide bonds. The Morgan fingerprint density at radius 3 is 2.46 bits per heavy atom. The molecule has 0 radical (unpaired) electrons. The van der Waals surface area contributed by atoms with Crippen molar-refractivity contribution in [2.45, 2.75) is 19.3 Å². The van der Waals surface area contributed by atoms with Crippen LogP contribution in [0.1, 0.15) is 11.1 Å². The Kier molecular flexibility index (Phi) is 6.40. The number of carbonyl (C=O) groups excluding carboxylic acids is 1. The molecule has 35 heavy (non-hydrogen) atoms. The normalized spacial score (nSPS) is 11.5. The molecule has 0 saturated heterocycles. The lowest BCUT2D eigenvalue weighted by molar-refractivity contribution is -0.137. The highest BCUT2D eigenvalue weighted by Gasteiger charge is 2.30. The van der Waals surface area contributed by atoms with E-state index in [9.17, 15) is 22.8 Å². The first kappa shape index (κ1) is 23.7. The number of fused-ring (bicyclic) bond motifs is 1. The maximum absolute atomic E-state index is 13.0. The monoisotopic (exact) mass is 488 g/mol. The number of alkyl halides is 3. The molecule has 4 aromatic rings. The van der Waals surface area contributed by atoms with Crippen molar-refractivity contribution in [2.75, 3.05) is 19.5 Å². The molecule has 0 saturated carbocycles. The molecule has 0 aliphatic heterocycles. The first-order valence-corrected chi connectivity index (χ1v) is 10.2. The van der Waals surface area contributed by atoms with E-state index in [1.54, 1.807) is 18.2 Å². The van der Waals surface area contributed by atoms with E-state index in [1.807, 2.05) is 0 Å². The van der Waals surface area contributed by atoms with Gasteiger partial charge in [-0.3, -0.25) is 14.2 Å². The number of aromatic nitrogens is 5. The van der Waals surface area contributed by atoms with Gasteiger partial charge in [-0.25, -0.2) is 9.67 Å². The van der Waals surface area contributed by atoms with Crippen LogP contribution in [0.4, 0.5) is 18.9 Å². The van der Waals surface area contributed by atoms with E-state index in [-0.39, 0.29) is 24.3 Å². The fourth-order valence-corrected chi connectivity index (χ4v) is 3.36. The van der Waals surface area contributed by atoms with Gasteiger partial charge in [0.2, 0.25) is 5.91 Å². The Morgan fingerprint density at radius 2 is 1.80 bits per heavy atom. The van der Waals surface area contributed by atoms with Gasteiger partial charge in [0.15, 0.2) is 11.2 Å². The smallest absolute Gasteiger partial charge is 0.416 e. The van der Waals surface area contributed by atoms with Crippen LogP contribution in [0.25, 0.3) is 11.2 Å². The van der Waals surface area contributed by atoms with Crippen molar-refractivity contribution in [1.29, 1.82) is 0 Å². The van der Waals surface area contributed by atoms with E-state index in [0.717, 1.165) is 23.0 Å². The summed E-state index contributed by atoms with van der Waals surface area (Å²) in [6, 6.07) is 9.56. The van der Waals surface area contributed by atoms with Crippen molar-refractivity contribution in [3.8, 4) is 11.5 Å². The fraction of sp³-hybridized carbons (Fsp3) is 0.227. The Bertz CT molecular complexity index is 1430. The summed E-state index contributed by atoms with van der Waals surface area (Å²) >= 11 is 0. The predicted octanol–water partition coefficient (Wildman–Crippen LogP) is 2.71. The zero-order valence-corrected chi connectivity index (χ0v) is 18.5. The number of halogens is 3. The van der Waals surface area contributed by atoms with E-state index in [0.29, 0.717) is 22.7 Å². The summed E-state index contributed by atoms with van der Waals surface area (Å²) in [5.74, 6) is 0.425. The lowest BCUT2D eigenvalue weighted by Gasteiger charge is -2.10. The van der Waals surface area contributed by atoms with Crippen molar-refractivity contribution in [1.82, 2.24) is 24.5 Å². The number of anilines is 1. The molecule has 182 valence electrons. The third kappa shape index (κ3) is 5.23. The second kappa shape index (κ2) is 9.44.